The van der Waals surface area contributed by atoms with Crippen LogP contribution in [0.15, 0.2) is 65.4 Å². The number of rotatable bonds is 5. The van der Waals surface area contributed by atoms with Crippen molar-refractivity contribution in [2.45, 2.75) is 18.9 Å². The summed E-state index contributed by atoms with van der Waals surface area (Å²) in [6, 6.07) is 16.9. The molecule has 1 N–H and O–H groups in total. The van der Waals surface area contributed by atoms with Crippen molar-refractivity contribution < 1.29 is 19.4 Å². The number of carbonyl (C=O) groups is 2. The van der Waals surface area contributed by atoms with Crippen molar-refractivity contribution in [1.29, 1.82) is 0 Å². The molecule has 1 heterocycles. The zero-order chi connectivity index (χ0) is 19.7. The molecule has 5 nitrogen and oxygen atoms in total. The number of aliphatic carboxylic acids is 1. The SMILES string of the molecule is CC(C(=O)O)N(C(=O)OCC1c2ccccc2-c2ccccc21)c1ccsc1. The van der Waals surface area contributed by atoms with E-state index in [1.165, 1.54) is 23.2 Å². The van der Waals surface area contributed by atoms with Crippen LogP contribution >= 0.6 is 11.3 Å². The minimum Gasteiger partial charge on any atom is -0.480 e. The topological polar surface area (TPSA) is 66.8 Å². The molecule has 6 heteroatoms. The average Bonchev–Trinajstić information content (AvgIpc) is 3.33. The highest BCUT2D eigenvalue weighted by molar-refractivity contribution is 7.08. The van der Waals surface area contributed by atoms with E-state index in [1.807, 2.05) is 36.4 Å². The number of hydrogen-bond donors (Lipinski definition) is 1. The third-order valence-corrected chi connectivity index (χ3v) is 5.73. The van der Waals surface area contributed by atoms with Crippen LogP contribution in [-0.4, -0.2) is 29.8 Å². The summed E-state index contributed by atoms with van der Waals surface area (Å²) in [5.41, 5.74) is 5.05. The van der Waals surface area contributed by atoms with Crippen molar-refractivity contribution in [2.24, 2.45) is 0 Å². The molecule has 3 aromatic rings. The van der Waals surface area contributed by atoms with E-state index in [0.29, 0.717) is 5.69 Å². The Hall–Kier alpha value is -3.12. The normalized spacial score (nSPS) is 13.5. The largest absolute Gasteiger partial charge is 0.480 e. The Kier molecular flexibility index (Phi) is 4.88. The maximum Gasteiger partial charge on any atom is 0.415 e. The summed E-state index contributed by atoms with van der Waals surface area (Å²) in [5.74, 6) is -1.15. The molecule has 1 aromatic heterocycles. The van der Waals surface area contributed by atoms with Gasteiger partial charge in [-0.2, -0.15) is 11.3 Å². The first-order chi connectivity index (χ1) is 13.6. The van der Waals surface area contributed by atoms with Gasteiger partial charge < -0.3 is 9.84 Å². The van der Waals surface area contributed by atoms with Crippen LogP contribution in [0, 0.1) is 0 Å². The van der Waals surface area contributed by atoms with E-state index in [4.69, 9.17) is 4.74 Å². The third kappa shape index (κ3) is 3.16. The van der Waals surface area contributed by atoms with Crippen LogP contribution in [0.1, 0.15) is 24.0 Å². The second kappa shape index (κ2) is 7.48. The van der Waals surface area contributed by atoms with Gasteiger partial charge in [0.05, 0.1) is 5.69 Å². The highest BCUT2D eigenvalue weighted by Gasteiger charge is 2.32. The Morgan fingerprint density at radius 2 is 1.68 bits per heavy atom. The number of carboxylic acid groups (broad SMARTS) is 1. The molecule has 142 valence electrons. The number of amides is 1. The van der Waals surface area contributed by atoms with Crippen LogP contribution < -0.4 is 4.90 Å². The van der Waals surface area contributed by atoms with Gasteiger partial charge in [0.25, 0.3) is 0 Å². The Balaban J connectivity index is 1.58. The number of hydrogen-bond acceptors (Lipinski definition) is 4. The third-order valence-electron chi connectivity index (χ3n) is 5.06. The predicted octanol–water partition coefficient (Wildman–Crippen LogP) is 4.98. The first-order valence-electron chi connectivity index (χ1n) is 8.97. The van der Waals surface area contributed by atoms with E-state index >= 15 is 0 Å². The minimum atomic E-state index is -1.08. The van der Waals surface area contributed by atoms with Gasteiger partial charge in [0.1, 0.15) is 12.6 Å². The zero-order valence-corrected chi connectivity index (χ0v) is 16.1. The van der Waals surface area contributed by atoms with Crippen LogP contribution in [-0.2, 0) is 9.53 Å². The number of carboxylic acids is 1. The van der Waals surface area contributed by atoms with Gasteiger partial charge in [-0.05, 0) is 40.6 Å². The van der Waals surface area contributed by atoms with Gasteiger partial charge in [0.2, 0.25) is 0 Å². The summed E-state index contributed by atoms with van der Waals surface area (Å²) >= 11 is 1.40. The van der Waals surface area contributed by atoms with Crippen molar-refractivity contribution in [3.63, 3.8) is 0 Å². The van der Waals surface area contributed by atoms with E-state index in [0.717, 1.165) is 22.3 Å². The van der Waals surface area contributed by atoms with Gasteiger partial charge in [0.15, 0.2) is 0 Å². The zero-order valence-electron chi connectivity index (χ0n) is 15.2. The monoisotopic (exact) mass is 393 g/mol. The molecule has 0 saturated carbocycles. The first kappa shape index (κ1) is 18.3. The standard InChI is InChI=1S/C22H19NO4S/c1-14(21(24)25)23(15-10-11-28-13-15)22(26)27-12-20-18-8-4-2-6-16(18)17-7-3-5-9-19(17)20/h2-11,13-14,20H,12H2,1H3,(H,24,25). The summed E-state index contributed by atoms with van der Waals surface area (Å²) in [5, 5.41) is 12.9. The molecule has 0 spiro atoms. The van der Waals surface area contributed by atoms with Crippen molar-refractivity contribution in [3.8, 4) is 11.1 Å². The fraction of sp³-hybridized carbons (Fsp3) is 0.182. The number of anilines is 1. The number of benzene rings is 2. The quantitative estimate of drug-likeness (QED) is 0.664. The Morgan fingerprint density at radius 1 is 1.07 bits per heavy atom. The van der Waals surface area contributed by atoms with E-state index in [9.17, 15) is 14.7 Å². The van der Waals surface area contributed by atoms with E-state index < -0.39 is 18.1 Å². The van der Waals surface area contributed by atoms with Gasteiger partial charge in [0, 0.05) is 11.3 Å². The van der Waals surface area contributed by atoms with E-state index in [2.05, 4.69) is 12.1 Å². The second-order valence-electron chi connectivity index (χ2n) is 6.67. The molecule has 28 heavy (non-hydrogen) atoms. The number of ether oxygens (including phenoxy) is 1. The Morgan fingerprint density at radius 3 is 2.21 bits per heavy atom. The number of thiophene rings is 1. The number of carbonyl (C=O) groups excluding carboxylic acids is 1. The summed E-state index contributed by atoms with van der Waals surface area (Å²) < 4.78 is 5.63. The molecule has 0 saturated heterocycles. The molecule has 0 fully saturated rings. The summed E-state index contributed by atoms with van der Waals surface area (Å²) in [7, 11) is 0. The molecule has 1 atom stereocenters. The lowest BCUT2D eigenvalue weighted by molar-refractivity contribution is -0.138. The summed E-state index contributed by atoms with van der Waals surface area (Å²) in [4.78, 5) is 25.5. The van der Waals surface area contributed by atoms with Gasteiger partial charge in [-0.25, -0.2) is 9.59 Å². The second-order valence-corrected chi connectivity index (χ2v) is 7.45. The molecule has 4 rings (SSSR count). The van der Waals surface area contributed by atoms with Gasteiger partial charge in [-0.3, -0.25) is 4.90 Å². The summed E-state index contributed by atoms with van der Waals surface area (Å²) in [6.07, 6.45) is -0.657. The number of fused-ring (bicyclic) bond motifs is 3. The Bertz CT molecular complexity index is 969. The molecular weight excluding hydrogens is 374 g/mol. The highest BCUT2D eigenvalue weighted by atomic mass is 32.1. The Labute approximate surface area is 166 Å². The molecule has 1 unspecified atom stereocenters. The molecule has 2 aromatic carbocycles. The maximum atomic E-state index is 12.8. The predicted molar refractivity (Wildman–Crippen MR) is 109 cm³/mol. The van der Waals surface area contributed by atoms with Crippen LogP contribution in [0.25, 0.3) is 11.1 Å². The first-order valence-corrected chi connectivity index (χ1v) is 9.91. The van der Waals surface area contributed by atoms with Gasteiger partial charge >= 0.3 is 12.1 Å². The average molecular weight is 393 g/mol. The lowest BCUT2D eigenvalue weighted by Crippen LogP contribution is -2.44. The number of nitrogens with zero attached hydrogens (tertiary/aromatic N) is 1. The van der Waals surface area contributed by atoms with Crippen LogP contribution in [0.3, 0.4) is 0 Å². The maximum absolute atomic E-state index is 12.8. The van der Waals surface area contributed by atoms with E-state index in [-0.39, 0.29) is 12.5 Å². The fourth-order valence-corrected chi connectivity index (χ4v) is 4.28. The smallest absolute Gasteiger partial charge is 0.415 e. The fourth-order valence-electron chi connectivity index (χ4n) is 3.66. The van der Waals surface area contributed by atoms with Crippen LogP contribution in [0.5, 0.6) is 0 Å². The van der Waals surface area contributed by atoms with Gasteiger partial charge in [-0.15, -0.1) is 0 Å². The van der Waals surface area contributed by atoms with Crippen molar-refractivity contribution in [3.05, 3.63) is 76.5 Å². The van der Waals surface area contributed by atoms with E-state index in [1.54, 1.807) is 16.8 Å². The molecule has 0 radical (unpaired) electrons. The minimum absolute atomic E-state index is 0.0687. The highest BCUT2D eigenvalue weighted by Crippen LogP contribution is 2.44. The molecule has 1 amide bonds. The van der Waals surface area contributed by atoms with Crippen molar-refractivity contribution >= 4 is 29.1 Å². The molecule has 1 aliphatic carbocycles. The lowest BCUT2D eigenvalue weighted by Gasteiger charge is -2.25. The molecule has 1 aliphatic rings. The van der Waals surface area contributed by atoms with Crippen molar-refractivity contribution in [2.75, 3.05) is 11.5 Å². The molecular formula is C22H19NO4S. The van der Waals surface area contributed by atoms with Crippen LogP contribution in [0.4, 0.5) is 10.5 Å². The summed E-state index contributed by atoms with van der Waals surface area (Å²) in [6.45, 7) is 1.63. The molecule has 0 aliphatic heterocycles. The van der Waals surface area contributed by atoms with Crippen molar-refractivity contribution in [1.82, 2.24) is 0 Å². The van der Waals surface area contributed by atoms with Crippen LogP contribution in [0.2, 0.25) is 0 Å². The molecule has 0 bridgehead atoms. The van der Waals surface area contributed by atoms with Gasteiger partial charge in [-0.1, -0.05) is 48.5 Å². The lowest BCUT2D eigenvalue weighted by atomic mass is 9.98.